The number of ether oxygens (including phenoxy) is 1. The van der Waals surface area contributed by atoms with Crippen LogP contribution in [0, 0.1) is 0 Å². The van der Waals surface area contributed by atoms with Crippen molar-refractivity contribution in [3.8, 4) is 0 Å². The fourth-order valence-corrected chi connectivity index (χ4v) is 1.98. The standard InChI is InChI=1S/C17H14ClNO3/c1-22-17(21)15(11-13-9-5-6-10-14(13)18)19-16(20)12-7-3-2-4-8-12/h2-11H,1H3,(H,19,20)/b15-11-. The van der Waals surface area contributed by atoms with Crippen molar-refractivity contribution < 1.29 is 14.3 Å². The molecule has 0 fully saturated rings. The lowest BCUT2D eigenvalue weighted by Gasteiger charge is -2.09. The first-order valence-electron chi connectivity index (χ1n) is 6.52. The highest BCUT2D eigenvalue weighted by molar-refractivity contribution is 6.32. The van der Waals surface area contributed by atoms with Crippen LogP contribution in [0.4, 0.5) is 0 Å². The van der Waals surface area contributed by atoms with Crippen molar-refractivity contribution in [3.05, 3.63) is 76.4 Å². The second kappa shape index (κ2) is 7.43. The van der Waals surface area contributed by atoms with E-state index < -0.39 is 11.9 Å². The molecule has 0 saturated heterocycles. The number of carbonyl (C=O) groups is 2. The van der Waals surface area contributed by atoms with Crippen molar-refractivity contribution in [2.24, 2.45) is 0 Å². The smallest absolute Gasteiger partial charge is 0.354 e. The summed E-state index contributed by atoms with van der Waals surface area (Å²) < 4.78 is 4.70. The van der Waals surface area contributed by atoms with Gasteiger partial charge in [-0.3, -0.25) is 4.79 Å². The zero-order chi connectivity index (χ0) is 15.9. The SMILES string of the molecule is COC(=O)/C(=C/c1ccccc1Cl)NC(=O)c1ccccc1. The lowest BCUT2D eigenvalue weighted by atomic mass is 10.1. The van der Waals surface area contributed by atoms with Crippen LogP contribution in [-0.2, 0) is 9.53 Å². The molecular weight excluding hydrogens is 302 g/mol. The zero-order valence-corrected chi connectivity index (χ0v) is 12.6. The third kappa shape index (κ3) is 3.96. The molecule has 22 heavy (non-hydrogen) atoms. The van der Waals surface area contributed by atoms with E-state index in [1.165, 1.54) is 13.2 Å². The molecule has 0 aliphatic rings. The van der Waals surface area contributed by atoms with Crippen LogP contribution in [0.1, 0.15) is 15.9 Å². The monoisotopic (exact) mass is 315 g/mol. The number of amides is 1. The van der Waals surface area contributed by atoms with Gasteiger partial charge in [0, 0.05) is 10.6 Å². The summed E-state index contributed by atoms with van der Waals surface area (Å²) in [5.74, 6) is -1.05. The van der Waals surface area contributed by atoms with E-state index in [2.05, 4.69) is 5.32 Å². The van der Waals surface area contributed by atoms with Crippen molar-refractivity contribution in [2.45, 2.75) is 0 Å². The molecule has 2 aromatic rings. The molecule has 0 spiro atoms. The van der Waals surface area contributed by atoms with Crippen molar-refractivity contribution in [3.63, 3.8) is 0 Å². The van der Waals surface area contributed by atoms with E-state index in [4.69, 9.17) is 16.3 Å². The van der Waals surface area contributed by atoms with Gasteiger partial charge in [0.15, 0.2) is 0 Å². The molecule has 0 aliphatic carbocycles. The summed E-state index contributed by atoms with van der Waals surface area (Å²) in [6.45, 7) is 0. The number of esters is 1. The van der Waals surface area contributed by atoms with Crippen LogP contribution in [0.3, 0.4) is 0 Å². The topological polar surface area (TPSA) is 55.4 Å². The van der Waals surface area contributed by atoms with Gasteiger partial charge in [-0.05, 0) is 29.8 Å². The molecule has 0 saturated carbocycles. The highest BCUT2D eigenvalue weighted by Crippen LogP contribution is 2.18. The Hall–Kier alpha value is -2.59. The van der Waals surface area contributed by atoms with Crippen LogP contribution in [-0.4, -0.2) is 19.0 Å². The summed E-state index contributed by atoms with van der Waals surface area (Å²) in [5.41, 5.74) is 1.07. The first kappa shape index (κ1) is 15.8. The minimum Gasteiger partial charge on any atom is -0.464 e. The first-order chi connectivity index (χ1) is 10.6. The summed E-state index contributed by atoms with van der Waals surface area (Å²) in [7, 11) is 1.25. The Bertz CT molecular complexity index is 711. The minimum absolute atomic E-state index is 0.0180. The van der Waals surface area contributed by atoms with Gasteiger partial charge in [0.05, 0.1) is 7.11 Å². The molecule has 1 amide bonds. The number of methoxy groups -OCH3 is 1. The molecule has 0 heterocycles. The average molecular weight is 316 g/mol. The van der Waals surface area contributed by atoms with Crippen LogP contribution in [0.25, 0.3) is 6.08 Å². The Kier molecular flexibility index (Phi) is 5.33. The molecule has 0 bridgehead atoms. The molecule has 1 N–H and O–H groups in total. The number of nitrogens with one attached hydrogen (secondary N) is 1. The second-order valence-electron chi connectivity index (χ2n) is 4.39. The largest absolute Gasteiger partial charge is 0.464 e. The second-order valence-corrected chi connectivity index (χ2v) is 4.80. The van der Waals surface area contributed by atoms with Crippen LogP contribution in [0.15, 0.2) is 60.3 Å². The van der Waals surface area contributed by atoms with Gasteiger partial charge >= 0.3 is 5.97 Å². The molecule has 0 atom stereocenters. The van der Waals surface area contributed by atoms with Crippen LogP contribution in [0.2, 0.25) is 5.02 Å². The molecule has 4 nitrogen and oxygen atoms in total. The number of carbonyl (C=O) groups excluding carboxylic acids is 2. The van der Waals surface area contributed by atoms with Gasteiger partial charge in [0.25, 0.3) is 5.91 Å². The van der Waals surface area contributed by atoms with E-state index in [9.17, 15) is 9.59 Å². The Labute approximate surface area is 133 Å². The molecule has 0 unspecified atom stereocenters. The van der Waals surface area contributed by atoms with Gasteiger partial charge in [-0.15, -0.1) is 0 Å². The normalized spacial score (nSPS) is 10.9. The zero-order valence-electron chi connectivity index (χ0n) is 11.9. The molecule has 2 rings (SSSR count). The molecule has 0 aromatic heterocycles. The number of hydrogen-bond donors (Lipinski definition) is 1. The van der Waals surface area contributed by atoms with Crippen molar-refractivity contribution in [1.29, 1.82) is 0 Å². The number of benzene rings is 2. The summed E-state index contributed by atoms with van der Waals surface area (Å²) in [4.78, 5) is 24.0. The Morgan fingerprint density at radius 3 is 2.32 bits per heavy atom. The van der Waals surface area contributed by atoms with E-state index in [1.807, 2.05) is 0 Å². The minimum atomic E-state index is -0.649. The molecule has 112 valence electrons. The fraction of sp³-hybridized carbons (Fsp3) is 0.0588. The molecule has 5 heteroatoms. The van der Waals surface area contributed by atoms with E-state index in [-0.39, 0.29) is 5.70 Å². The van der Waals surface area contributed by atoms with Gasteiger partial charge in [0.2, 0.25) is 0 Å². The number of hydrogen-bond acceptors (Lipinski definition) is 3. The van der Waals surface area contributed by atoms with Gasteiger partial charge in [0.1, 0.15) is 5.70 Å². The Morgan fingerprint density at radius 2 is 1.68 bits per heavy atom. The van der Waals surface area contributed by atoms with Crippen molar-refractivity contribution >= 4 is 29.6 Å². The van der Waals surface area contributed by atoms with E-state index in [0.717, 1.165) is 0 Å². The lowest BCUT2D eigenvalue weighted by Crippen LogP contribution is -2.28. The predicted octanol–water partition coefficient (Wildman–Crippen LogP) is 3.28. The van der Waals surface area contributed by atoms with Crippen LogP contribution in [0.5, 0.6) is 0 Å². The van der Waals surface area contributed by atoms with E-state index in [0.29, 0.717) is 16.1 Å². The summed E-state index contributed by atoms with van der Waals surface area (Å²) >= 11 is 6.06. The first-order valence-corrected chi connectivity index (χ1v) is 6.90. The maximum atomic E-state index is 12.2. The van der Waals surface area contributed by atoms with Crippen molar-refractivity contribution in [1.82, 2.24) is 5.32 Å². The van der Waals surface area contributed by atoms with Crippen LogP contribution < -0.4 is 5.32 Å². The Morgan fingerprint density at radius 1 is 1.05 bits per heavy atom. The molecule has 2 aromatic carbocycles. The highest BCUT2D eigenvalue weighted by atomic mass is 35.5. The lowest BCUT2D eigenvalue weighted by molar-refractivity contribution is -0.136. The third-order valence-electron chi connectivity index (χ3n) is 2.89. The fourth-order valence-electron chi connectivity index (χ4n) is 1.79. The van der Waals surface area contributed by atoms with Crippen molar-refractivity contribution in [2.75, 3.05) is 7.11 Å². The summed E-state index contributed by atoms with van der Waals surface area (Å²) in [6.07, 6.45) is 1.48. The van der Waals surface area contributed by atoms with Gasteiger partial charge < -0.3 is 10.1 Å². The molecule has 0 aliphatic heterocycles. The maximum Gasteiger partial charge on any atom is 0.354 e. The van der Waals surface area contributed by atoms with Gasteiger partial charge in [-0.1, -0.05) is 48.0 Å². The quantitative estimate of drug-likeness (QED) is 0.696. The average Bonchev–Trinajstić information content (AvgIpc) is 2.56. The third-order valence-corrected chi connectivity index (χ3v) is 3.24. The molecule has 0 radical (unpaired) electrons. The highest BCUT2D eigenvalue weighted by Gasteiger charge is 2.15. The van der Waals surface area contributed by atoms with Gasteiger partial charge in [-0.25, -0.2) is 4.79 Å². The summed E-state index contributed by atoms with van der Waals surface area (Å²) in [5, 5.41) is 3.02. The maximum absolute atomic E-state index is 12.2. The van der Waals surface area contributed by atoms with Crippen LogP contribution >= 0.6 is 11.6 Å². The number of halogens is 1. The van der Waals surface area contributed by atoms with Gasteiger partial charge in [-0.2, -0.15) is 0 Å². The predicted molar refractivity (Wildman–Crippen MR) is 85.4 cm³/mol. The molecular formula is C17H14ClNO3. The number of rotatable bonds is 4. The summed E-state index contributed by atoms with van der Waals surface area (Å²) in [6, 6.07) is 15.6. The van der Waals surface area contributed by atoms with E-state index in [1.54, 1.807) is 54.6 Å². The Balaban J connectivity index is 2.30. The van der Waals surface area contributed by atoms with E-state index >= 15 is 0 Å².